The summed E-state index contributed by atoms with van der Waals surface area (Å²) < 4.78 is 121. The third-order valence-corrected chi connectivity index (χ3v) is 21.3. The number of cyclic esters (lactones) is 1. The van der Waals surface area contributed by atoms with Gasteiger partial charge >= 0.3 is 5.97 Å². The molecular formula is C93H128FN11O32. The van der Waals surface area contributed by atoms with Crippen molar-refractivity contribution in [2.45, 2.75) is 89.8 Å². The largest absolute Gasteiger partial charge is 0.492 e. The Balaban J connectivity index is 0.701. The van der Waals surface area contributed by atoms with Crippen molar-refractivity contribution in [1.29, 1.82) is 0 Å². The highest BCUT2D eigenvalue weighted by Gasteiger charge is 2.50. The van der Waals surface area contributed by atoms with Crippen LogP contribution in [0.3, 0.4) is 0 Å². The van der Waals surface area contributed by atoms with Crippen LogP contribution in [0.1, 0.15) is 93.1 Å². The summed E-state index contributed by atoms with van der Waals surface area (Å²) in [5.74, 6) is -9.09. The predicted molar refractivity (Wildman–Crippen MR) is 485 cm³/mol. The zero-order valence-corrected chi connectivity index (χ0v) is 78.0. The summed E-state index contributed by atoms with van der Waals surface area (Å²) in [4.78, 5) is 168. The Morgan fingerprint density at radius 3 is 1.50 bits per heavy atom. The second-order valence-electron chi connectivity index (χ2n) is 31.5. The quantitative estimate of drug-likeness (QED) is 0.0108. The van der Waals surface area contributed by atoms with Crippen LogP contribution in [0.5, 0.6) is 5.75 Å². The number of benzene rings is 3. The van der Waals surface area contributed by atoms with Gasteiger partial charge in [0.15, 0.2) is 5.60 Å². The second-order valence-corrected chi connectivity index (χ2v) is 31.5. The lowest BCUT2D eigenvalue weighted by molar-refractivity contribution is -0.173. The van der Waals surface area contributed by atoms with E-state index in [1.54, 1.807) is 63.6 Å². The summed E-state index contributed by atoms with van der Waals surface area (Å²) in [6, 6.07) is 14.1. The topological polar surface area (TPSA) is 518 Å². The fraction of sp³-hybridized carbons (Fsp3) is 0.581. The summed E-state index contributed by atoms with van der Waals surface area (Å²) in [5.41, 5.74) is -0.133. The highest BCUT2D eigenvalue weighted by molar-refractivity contribution is 6.28. The lowest BCUT2D eigenvalue weighted by Crippen LogP contribution is -2.52. The van der Waals surface area contributed by atoms with Gasteiger partial charge in [-0.2, -0.15) is 0 Å². The standard InChI is InChI=1S/C93H128FN11O32/c1-63-49-68-71(72-60-104-78(85(72)103-76(68)54-75(63)94)53-74-73(91(104)116)61-136-92(117)93(74,118)55-66-12-13-66)56-99-87(112)64(2)137-62-101-81(108)58-100-90(115)77(50-65-9-6-5-7-10-65)102-82(109)59-98-80(107)57-97-79(106)11-8-18-135-86-69(88(113)95-16-19-121-25-27-125-33-35-129-41-43-133-47-45-131-39-37-127-31-29-123-23-21-119-3)51-67(105-83(110)14-15-84(105)111)52-70(86)89(114)96-17-20-122-26-28-126-34-36-130-42-44-134-48-46-132-40-38-128-32-30-124-24-22-120-4/h5-7,9-10,14-15,49,51-54,64,66,77,118H,8,11-13,16-48,50,55-62H2,1-4H3,(H,95,113)(H,96,114)(H,97,106)(H,98,107)(H,99,112)(H,100,115)(H,101,108)(H,102,109)/t64-,77+,93+/m1/s1. The highest BCUT2D eigenvalue weighted by atomic mass is 19.1. The molecule has 44 heteroatoms. The maximum Gasteiger partial charge on any atom is 0.343 e. The van der Waals surface area contributed by atoms with Crippen LogP contribution in [-0.2, 0) is 160 Å². The van der Waals surface area contributed by atoms with E-state index in [1.807, 2.05) is 0 Å². The number of rotatable bonds is 74. The van der Waals surface area contributed by atoms with Gasteiger partial charge in [-0.3, -0.25) is 52.7 Å². The predicted octanol–water partition coefficient (Wildman–Crippen LogP) is 0.362. The van der Waals surface area contributed by atoms with Crippen LogP contribution in [0, 0.1) is 18.7 Å². The Bertz CT molecular complexity index is 4710. The number of carbonyl (C=O) groups excluding carboxylic acids is 11. The summed E-state index contributed by atoms with van der Waals surface area (Å²) in [6.45, 7) is 10.2. The number of anilines is 1. The molecule has 3 aliphatic heterocycles. The number of carbonyl (C=O) groups is 11. The van der Waals surface area contributed by atoms with Crippen LogP contribution in [0.4, 0.5) is 10.1 Å². The van der Waals surface area contributed by atoms with Crippen molar-refractivity contribution in [1.82, 2.24) is 52.1 Å². The molecule has 3 aromatic carbocycles. The van der Waals surface area contributed by atoms with E-state index in [-0.39, 0.29) is 163 Å². The molecule has 5 heterocycles. The number of esters is 1. The van der Waals surface area contributed by atoms with E-state index in [4.69, 9.17) is 95.0 Å². The second kappa shape index (κ2) is 61.5. The molecule has 137 heavy (non-hydrogen) atoms. The van der Waals surface area contributed by atoms with E-state index in [0.717, 1.165) is 29.9 Å². The number of aryl methyl sites for hydroxylation is 1. The number of nitrogens with zero attached hydrogens (tertiary/aromatic N) is 3. The van der Waals surface area contributed by atoms with Gasteiger partial charge in [0.25, 0.3) is 29.2 Å². The maximum absolute atomic E-state index is 15.2. The van der Waals surface area contributed by atoms with Crippen molar-refractivity contribution >= 4 is 81.6 Å². The van der Waals surface area contributed by atoms with Crippen LogP contribution in [0.2, 0.25) is 0 Å². The average molecular weight is 1930 g/mol. The monoisotopic (exact) mass is 1930 g/mol. The number of methoxy groups -OCH3 is 2. The van der Waals surface area contributed by atoms with Crippen molar-refractivity contribution < 1.29 is 152 Å². The van der Waals surface area contributed by atoms with E-state index in [9.17, 15) is 62.6 Å². The van der Waals surface area contributed by atoms with Gasteiger partial charge in [-0.1, -0.05) is 43.2 Å². The molecule has 9 N–H and O–H groups in total. The van der Waals surface area contributed by atoms with Gasteiger partial charge in [-0.05, 0) is 73.6 Å². The van der Waals surface area contributed by atoms with Gasteiger partial charge in [-0.15, -0.1) is 0 Å². The van der Waals surface area contributed by atoms with Crippen molar-refractivity contribution in [3.05, 3.63) is 133 Å². The SMILES string of the molecule is COCCOCCOCCOCCOCCOCCOCCOCCNC(=O)c1cc(N2C(=O)C=CC2=O)cc(C(=O)NCCOCCOCCOCCOCCOCCOCCOCCOC)c1OCCCC(=O)NCC(=O)NCC(=O)N[C@@H](Cc1ccccc1)C(=O)NCC(=O)NCO[C@H](C)C(=O)NCc1c2c(nc3cc(F)c(C)cc13)-c1cc3c(c(=O)n1C2)COC(=O)[C@]3(O)CC1CC1. The number of fused-ring (bicyclic) bond motifs is 5. The Hall–Kier alpha value is -10.9. The molecule has 4 aliphatic rings. The van der Waals surface area contributed by atoms with Gasteiger partial charge in [0.2, 0.25) is 35.4 Å². The number of ether oxygens (including phenoxy) is 19. The van der Waals surface area contributed by atoms with E-state index < -0.39 is 121 Å². The molecule has 2 aromatic heterocycles. The number of imide groups is 1. The van der Waals surface area contributed by atoms with E-state index in [2.05, 4.69) is 42.5 Å². The number of pyridine rings is 2. The minimum atomic E-state index is -2.05. The Kier molecular flexibility index (Phi) is 49.2. The van der Waals surface area contributed by atoms with Crippen molar-refractivity contribution in [3.8, 4) is 17.1 Å². The number of aromatic nitrogens is 2. The lowest BCUT2D eigenvalue weighted by atomic mass is 9.84. The fourth-order valence-electron chi connectivity index (χ4n) is 14.0. The van der Waals surface area contributed by atoms with Crippen LogP contribution in [-0.4, -0.2) is 350 Å². The number of hydrogen-bond acceptors (Lipinski definition) is 33. The first-order valence-electron chi connectivity index (χ1n) is 45.7. The third-order valence-electron chi connectivity index (χ3n) is 21.3. The van der Waals surface area contributed by atoms with Gasteiger partial charge in [-0.25, -0.2) is 19.1 Å². The maximum atomic E-state index is 15.2. The van der Waals surface area contributed by atoms with Gasteiger partial charge in [0.1, 0.15) is 37.1 Å². The zero-order chi connectivity index (χ0) is 97.8. The number of hydrogen-bond donors (Lipinski definition) is 9. The number of aliphatic hydroxyl groups is 1. The molecule has 754 valence electrons. The van der Waals surface area contributed by atoms with Crippen LogP contribution in [0.15, 0.2) is 77.6 Å². The molecule has 1 aliphatic carbocycles. The van der Waals surface area contributed by atoms with Gasteiger partial charge < -0.3 is 142 Å². The summed E-state index contributed by atoms with van der Waals surface area (Å²) in [6.07, 6.45) is 2.21. The molecule has 0 radical (unpaired) electrons. The van der Waals surface area contributed by atoms with Crippen molar-refractivity contribution in [2.75, 3.05) is 263 Å². The lowest BCUT2D eigenvalue weighted by Gasteiger charge is -2.32. The Morgan fingerprint density at radius 1 is 0.533 bits per heavy atom. The molecule has 10 amide bonds. The number of nitrogens with one attached hydrogen (secondary N) is 8. The smallest absolute Gasteiger partial charge is 0.343 e. The highest BCUT2D eigenvalue weighted by Crippen LogP contribution is 2.46. The molecule has 5 aromatic rings. The minimum Gasteiger partial charge on any atom is -0.492 e. The first kappa shape index (κ1) is 110. The minimum absolute atomic E-state index is 0.00127. The Morgan fingerprint density at radius 2 is 1.00 bits per heavy atom. The van der Waals surface area contributed by atoms with E-state index in [1.165, 1.54) is 29.7 Å². The van der Waals surface area contributed by atoms with Crippen molar-refractivity contribution in [2.24, 2.45) is 5.92 Å². The van der Waals surface area contributed by atoms with Crippen LogP contribution < -0.4 is 57.7 Å². The molecule has 1 fully saturated rings. The molecule has 0 bridgehead atoms. The van der Waals surface area contributed by atoms with Gasteiger partial charge in [0, 0.05) is 81.4 Å². The molecule has 43 nitrogen and oxygen atoms in total. The molecule has 0 spiro atoms. The van der Waals surface area contributed by atoms with E-state index in [0.29, 0.717) is 184 Å². The Labute approximate surface area is 792 Å². The molecule has 0 unspecified atom stereocenters. The molecule has 0 saturated heterocycles. The van der Waals surface area contributed by atoms with Crippen LogP contribution in [0.25, 0.3) is 22.3 Å². The number of amides is 10. The third kappa shape index (κ3) is 37.8. The summed E-state index contributed by atoms with van der Waals surface area (Å²) in [5, 5.41) is 33.0. The van der Waals surface area contributed by atoms with Crippen molar-refractivity contribution in [3.63, 3.8) is 0 Å². The first-order valence-corrected chi connectivity index (χ1v) is 45.7. The molecule has 1 saturated carbocycles. The van der Waals surface area contributed by atoms with Gasteiger partial charge in [0.05, 0.1) is 270 Å². The number of halogens is 1. The molecular weight excluding hydrogens is 1800 g/mol. The molecule has 3 atom stereocenters. The first-order chi connectivity index (χ1) is 66.6. The summed E-state index contributed by atoms with van der Waals surface area (Å²) in [7, 11) is 3.22. The normalized spacial score (nSPS) is 14.6. The zero-order valence-electron chi connectivity index (χ0n) is 78.0. The fourth-order valence-corrected chi connectivity index (χ4v) is 14.0. The summed E-state index contributed by atoms with van der Waals surface area (Å²) >= 11 is 0. The van der Waals surface area contributed by atoms with Crippen LogP contribution >= 0.6 is 0 Å². The molecule has 9 rings (SSSR count). The average Bonchev–Trinajstić information content (AvgIpc) is 1.58. The van der Waals surface area contributed by atoms with E-state index >= 15 is 4.39 Å².